The number of carbonyl (C=O) groups excluding carboxylic acids is 2. The second kappa shape index (κ2) is 10.5. The van der Waals surface area contributed by atoms with Crippen LogP contribution in [0.5, 0.6) is 0 Å². The van der Waals surface area contributed by atoms with Gasteiger partial charge in [-0.15, -0.1) is 0 Å². The summed E-state index contributed by atoms with van der Waals surface area (Å²) in [4.78, 5) is 28.7. The zero-order chi connectivity index (χ0) is 19.8. The van der Waals surface area contributed by atoms with E-state index in [2.05, 4.69) is 15.5 Å². The monoisotopic (exact) mass is 390 g/mol. The van der Waals surface area contributed by atoms with Gasteiger partial charge < -0.3 is 15.5 Å². The molecule has 7 heteroatoms. The smallest absolute Gasteiger partial charge is 0.254 e. The Balaban J connectivity index is 1.31. The minimum absolute atomic E-state index is 0.0756. The average Bonchev–Trinajstić information content (AvgIpc) is 2.73. The van der Waals surface area contributed by atoms with Crippen molar-refractivity contribution >= 4 is 11.8 Å². The topological polar surface area (TPSA) is 64.7 Å². The van der Waals surface area contributed by atoms with E-state index in [-0.39, 0.29) is 17.4 Å². The molecule has 154 valence electrons. The number of carbonyl (C=O) groups is 2. The lowest BCUT2D eigenvalue weighted by Crippen LogP contribution is -2.50. The highest BCUT2D eigenvalue weighted by Crippen LogP contribution is 2.18. The summed E-state index contributed by atoms with van der Waals surface area (Å²) in [5, 5.41) is 6.13. The Morgan fingerprint density at radius 2 is 1.82 bits per heavy atom. The quantitative estimate of drug-likeness (QED) is 0.740. The van der Waals surface area contributed by atoms with Crippen molar-refractivity contribution in [2.45, 2.75) is 25.7 Å². The highest BCUT2D eigenvalue weighted by molar-refractivity contribution is 5.94. The Kier molecular flexibility index (Phi) is 7.80. The van der Waals surface area contributed by atoms with Crippen LogP contribution in [0.4, 0.5) is 4.39 Å². The maximum absolute atomic E-state index is 13.6. The second-order valence-electron chi connectivity index (χ2n) is 7.69. The summed E-state index contributed by atoms with van der Waals surface area (Å²) in [6.07, 6.45) is 4.02. The van der Waals surface area contributed by atoms with Gasteiger partial charge in [0.25, 0.3) is 5.91 Å². The third kappa shape index (κ3) is 6.01. The van der Waals surface area contributed by atoms with E-state index in [1.807, 2.05) is 4.90 Å². The molecule has 28 heavy (non-hydrogen) atoms. The molecule has 0 bridgehead atoms. The van der Waals surface area contributed by atoms with Crippen LogP contribution in [-0.2, 0) is 4.79 Å². The minimum Gasteiger partial charge on any atom is -0.351 e. The molecule has 2 aliphatic heterocycles. The zero-order valence-electron chi connectivity index (χ0n) is 16.5. The fourth-order valence-electron chi connectivity index (χ4n) is 3.95. The van der Waals surface area contributed by atoms with E-state index in [0.29, 0.717) is 25.4 Å². The Morgan fingerprint density at radius 3 is 2.54 bits per heavy atom. The van der Waals surface area contributed by atoms with Gasteiger partial charge in [0.1, 0.15) is 5.82 Å². The van der Waals surface area contributed by atoms with Crippen molar-refractivity contribution in [2.75, 3.05) is 52.4 Å². The normalized spacial score (nSPS) is 18.8. The van der Waals surface area contributed by atoms with Crippen LogP contribution >= 0.6 is 0 Å². The van der Waals surface area contributed by atoms with E-state index in [1.54, 1.807) is 12.1 Å². The fraction of sp³-hybridized carbons (Fsp3) is 0.619. The lowest BCUT2D eigenvalue weighted by Gasteiger charge is -2.35. The van der Waals surface area contributed by atoms with Crippen molar-refractivity contribution in [3.05, 3.63) is 35.6 Å². The van der Waals surface area contributed by atoms with E-state index in [4.69, 9.17) is 0 Å². The number of rotatable bonds is 7. The number of amides is 2. The predicted octanol–water partition coefficient (Wildman–Crippen LogP) is 1.48. The predicted molar refractivity (Wildman–Crippen MR) is 107 cm³/mol. The fourth-order valence-corrected chi connectivity index (χ4v) is 3.95. The van der Waals surface area contributed by atoms with Crippen LogP contribution in [0.1, 0.15) is 36.0 Å². The Bertz CT molecular complexity index is 656. The number of nitrogens with one attached hydrogen (secondary N) is 2. The van der Waals surface area contributed by atoms with Crippen LogP contribution in [-0.4, -0.2) is 74.0 Å². The maximum Gasteiger partial charge on any atom is 0.254 e. The van der Waals surface area contributed by atoms with E-state index in [0.717, 1.165) is 45.7 Å². The highest BCUT2D eigenvalue weighted by Gasteiger charge is 2.22. The Labute approximate surface area is 166 Å². The van der Waals surface area contributed by atoms with Crippen molar-refractivity contribution in [1.82, 2.24) is 20.4 Å². The van der Waals surface area contributed by atoms with E-state index >= 15 is 0 Å². The zero-order valence-corrected chi connectivity index (χ0v) is 16.5. The molecule has 1 aromatic carbocycles. The van der Waals surface area contributed by atoms with Gasteiger partial charge in [0, 0.05) is 45.7 Å². The molecule has 1 aromatic rings. The summed E-state index contributed by atoms with van der Waals surface area (Å²) < 4.78 is 13.6. The van der Waals surface area contributed by atoms with E-state index in [1.165, 1.54) is 25.0 Å². The summed E-state index contributed by atoms with van der Waals surface area (Å²) in [7, 11) is 0. The summed E-state index contributed by atoms with van der Waals surface area (Å²) in [5.41, 5.74) is 0.0756. The van der Waals surface area contributed by atoms with E-state index in [9.17, 15) is 14.0 Å². The highest BCUT2D eigenvalue weighted by atomic mass is 19.1. The molecule has 0 radical (unpaired) electrons. The lowest BCUT2D eigenvalue weighted by molar-refractivity contribution is -0.133. The van der Waals surface area contributed by atoms with Gasteiger partial charge >= 0.3 is 0 Å². The molecular formula is C21H31FN4O2. The summed E-state index contributed by atoms with van der Waals surface area (Å²) in [5.74, 6) is 0.0667. The first kappa shape index (κ1) is 20.7. The molecule has 2 aliphatic rings. The van der Waals surface area contributed by atoms with Crippen LogP contribution in [0.25, 0.3) is 0 Å². The van der Waals surface area contributed by atoms with Crippen molar-refractivity contribution in [3.8, 4) is 0 Å². The number of halogens is 1. The molecule has 0 spiro atoms. The van der Waals surface area contributed by atoms with Gasteiger partial charge in [-0.05, 0) is 50.4 Å². The van der Waals surface area contributed by atoms with Gasteiger partial charge in [0.15, 0.2) is 0 Å². The van der Waals surface area contributed by atoms with Gasteiger partial charge in [0.05, 0.1) is 5.56 Å². The van der Waals surface area contributed by atoms with Crippen molar-refractivity contribution in [1.29, 1.82) is 0 Å². The van der Waals surface area contributed by atoms with Crippen LogP contribution < -0.4 is 10.6 Å². The number of hydrogen-bond donors (Lipinski definition) is 2. The molecule has 2 fully saturated rings. The Morgan fingerprint density at radius 1 is 1.11 bits per heavy atom. The number of hydrogen-bond acceptors (Lipinski definition) is 4. The molecule has 2 saturated heterocycles. The van der Waals surface area contributed by atoms with Crippen LogP contribution in [0, 0.1) is 11.7 Å². The first-order valence-electron chi connectivity index (χ1n) is 10.4. The molecule has 6 nitrogen and oxygen atoms in total. The molecule has 0 unspecified atom stereocenters. The van der Waals surface area contributed by atoms with E-state index < -0.39 is 5.82 Å². The summed E-state index contributed by atoms with van der Waals surface area (Å²) in [6.45, 7) is 6.44. The van der Waals surface area contributed by atoms with Gasteiger partial charge in [0.2, 0.25) is 5.91 Å². The largest absolute Gasteiger partial charge is 0.351 e. The molecular weight excluding hydrogens is 359 g/mol. The van der Waals surface area contributed by atoms with Crippen LogP contribution in [0.15, 0.2) is 24.3 Å². The molecule has 0 aromatic heterocycles. The van der Waals surface area contributed by atoms with Gasteiger partial charge in [-0.25, -0.2) is 4.39 Å². The first-order valence-corrected chi connectivity index (χ1v) is 10.4. The first-order chi connectivity index (χ1) is 13.6. The lowest BCUT2D eigenvalue weighted by atomic mass is 9.93. The van der Waals surface area contributed by atoms with Crippen LogP contribution in [0.2, 0.25) is 0 Å². The molecule has 2 N–H and O–H groups in total. The van der Waals surface area contributed by atoms with Crippen molar-refractivity contribution in [2.24, 2.45) is 5.92 Å². The molecule has 0 aliphatic carbocycles. The molecule has 2 heterocycles. The third-order valence-corrected chi connectivity index (χ3v) is 5.78. The minimum atomic E-state index is -0.503. The van der Waals surface area contributed by atoms with Gasteiger partial charge in [-0.2, -0.15) is 0 Å². The van der Waals surface area contributed by atoms with Gasteiger partial charge in [-0.3, -0.25) is 14.5 Å². The molecule has 2 amide bonds. The van der Waals surface area contributed by atoms with Crippen LogP contribution in [0.3, 0.4) is 0 Å². The number of piperidine rings is 1. The number of piperazine rings is 1. The summed E-state index contributed by atoms with van der Waals surface area (Å²) >= 11 is 0. The summed E-state index contributed by atoms with van der Waals surface area (Å²) in [6, 6.07) is 5.99. The SMILES string of the molecule is O=C(NCCN1CCN(C(=O)CCC2CCNCC2)CC1)c1ccccc1F. The third-order valence-electron chi connectivity index (χ3n) is 5.78. The number of nitrogens with zero attached hydrogens (tertiary/aromatic N) is 2. The standard InChI is InChI=1S/C21H31FN4O2/c22-19-4-2-1-3-18(19)21(28)24-11-12-25-13-15-26(16-14-25)20(27)6-5-17-7-9-23-10-8-17/h1-4,17,23H,5-16H2,(H,24,28). The maximum atomic E-state index is 13.6. The van der Waals surface area contributed by atoms with Crippen molar-refractivity contribution < 1.29 is 14.0 Å². The molecule has 3 rings (SSSR count). The van der Waals surface area contributed by atoms with Gasteiger partial charge in [-0.1, -0.05) is 12.1 Å². The Hall–Kier alpha value is -1.99. The molecule has 0 saturated carbocycles. The average molecular weight is 391 g/mol. The number of benzene rings is 1. The van der Waals surface area contributed by atoms with Crippen molar-refractivity contribution in [3.63, 3.8) is 0 Å². The second-order valence-corrected chi connectivity index (χ2v) is 7.69. The molecule has 0 atom stereocenters.